The molecule has 4 N–H and O–H groups in total. The molecule has 13 heteroatoms. The number of piperazine rings is 1. The van der Waals surface area contributed by atoms with Gasteiger partial charge in [-0.1, -0.05) is 12.1 Å². The lowest BCUT2D eigenvalue weighted by Crippen LogP contribution is -2.49. The molecular weight excluding hydrogens is 520 g/mol. The third-order valence-corrected chi connectivity index (χ3v) is 8.63. The molecule has 1 aliphatic rings. The van der Waals surface area contributed by atoms with Crippen LogP contribution in [0, 0.1) is 0 Å². The van der Waals surface area contributed by atoms with Crippen LogP contribution < -0.4 is 26.0 Å². The van der Waals surface area contributed by atoms with Crippen LogP contribution in [-0.2, 0) is 14.6 Å². The van der Waals surface area contributed by atoms with E-state index >= 15 is 0 Å². The van der Waals surface area contributed by atoms with Crippen molar-refractivity contribution < 1.29 is 17.9 Å². The maximum atomic E-state index is 12.8. The highest BCUT2D eigenvalue weighted by molar-refractivity contribution is 7.92. The number of para-hydroxylation sites is 1. The lowest BCUT2D eigenvalue weighted by molar-refractivity contribution is -0.131. The van der Waals surface area contributed by atoms with Crippen LogP contribution in [0.1, 0.15) is 20.3 Å². The molecule has 2 heterocycles. The number of rotatable bonds is 10. The molecule has 2 aromatic carbocycles. The van der Waals surface area contributed by atoms with Crippen LogP contribution in [0.3, 0.4) is 0 Å². The Hall–Kier alpha value is -3.97. The Kier molecular flexibility index (Phi) is 8.82. The number of hydrogen-bond donors (Lipinski definition) is 3. The van der Waals surface area contributed by atoms with Crippen molar-refractivity contribution in [1.29, 1.82) is 0 Å². The summed E-state index contributed by atoms with van der Waals surface area (Å²) in [5.74, 6) is 1.13. The van der Waals surface area contributed by atoms with E-state index in [-0.39, 0.29) is 22.7 Å². The van der Waals surface area contributed by atoms with Crippen molar-refractivity contribution in [2.24, 2.45) is 5.73 Å². The molecule has 1 amide bonds. The van der Waals surface area contributed by atoms with Gasteiger partial charge in [0.25, 0.3) is 0 Å². The van der Waals surface area contributed by atoms with E-state index in [4.69, 9.17) is 10.5 Å². The van der Waals surface area contributed by atoms with E-state index in [1.54, 1.807) is 45.2 Å². The van der Waals surface area contributed by atoms with E-state index in [0.717, 1.165) is 5.69 Å². The number of benzene rings is 2. The van der Waals surface area contributed by atoms with Gasteiger partial charge in [0.2, 0.25) is 17.8 Å². The minimum absolute atomic E-state index is 0.0884. The molecule has 1 aliphatic heterocycles. The van der Waals surface area contributed by atoms with Crippen LogP contribution in [-0.4, -0.2) is 79.3 Å². The van der Waals surface area contributed by atoms with E-state index in [2.05, 4.69) is 30.5 Å². The van der Waals surface area contributed by atoms with Crippen LogP contribution in [0.15, 0.2) is 53.7 Å². The van der Waals surface area contributed by atoms with Gasteiger partial charge in [-0.05, 0) is 38.1 Å². The Morgan fingerprint density at radius 1 is 1.03 bits per heavy atom. The molecule has 0 atom stereocenters. The number of nitrogens with one attached hydrogen (secondary N) is 2. The number of ether oxygens (including phenoxy) is 1. The highest BCUT2D eigenvalue weighted by atomic mass is 32.2. The van der Waals surface area contributed by atoms with Crippen LogP contribution in [0.4, 0.5) is 29.0 Å². The monoisotopic (exact) mass is 554 g/mol. The summed E-state index contributed by atoms with van der Waals surface area (Å²) in [5.41, 5.74) is 7.53. The molecule has 0 spiro atoms. The number of nitrogens with two attached hydrogens (primary N) is 1. The maximum absolute atomic E-state index is 12.8. The maximum Gasteiger partial charge on any atom is 0.232 e. The van der Waals surface area contributed by atoms with Gasteiger partial charge in [-0.2, -0.15) is 4.98 Å². The average Bonchev–Trinajstić information content (AvgIpc) is 2.94. The topological polar surface area (TPSA) is 156 Å². The zero-order valence-electron chi connectivity index (χ0n) is 22.3. The van der Waals surface area contributed by atoms with Crippen molar-refractivity contribution in [2.75, 3.05) is 55.4 Å². The summed E-state index contributed by atoms with van der Waals surface area (Å²) < 4.78 is 31.2. The first-order valence-electron chi connectivity index (χ1n) is 12.7. The minimum Gasteiger partial charge on any atom is -0.494 e. The van der Waals surface area contributed by atoms with Crippen molar-refractivity contribution in [2.45, 2.75) is 30.4 Å². The second-order valence-electron chi connectivity index (χ2n) is 9.26. The molecule has 0 unspecified atom stereocenters. The van der Waals surface area contributed by atoms with Gasteiger partial charge in [-0.3, -0.25) is 4.79 Å². The molecule has 0 bridgehead atoms. The van der Waals surface area contributed by atoms with Crippen molar-refractivity contribution in [3.63, 3.8) is 0 Å². The quantitative estimate of drug-likeness (QED) is 0.338. The summed E-state index contributed by atoms with van der Waals surface area (Å²) in [6.07, 6.45) is 1.70. The molecule has 3 aromatic rings. The zero-order chi connectivity index (χ0) is 28.0. The average molecular weight is 555 g/mol. The molecular formula is C26H34N8O4S. The molecule has 0 saturated carbocycles. The van der Waals surface area contributed by atoms with Gasteiger partial charge in [-0.15, -0.1) is 0 Å². The molecule has 1 fully saturated rings. The van der Waals surface area contributed by atoms with Crippen LogP contribution in [0.25, 0.3) is 0 Å². The lowest BCUT2D eigenvalue weighted by Gasteiger charge is -2.36. The molecule has 1 aromatic heterocycles. The smallest absolute Gasteiger partial charge is 0.232 e. The van der Waals surface area contributed by atoms with Crippen molar-refractivity contribution >= 4 is 44.7 Å². The summed E-state index contributed by atoms with van der Waals surface area (Å²) in [6, 6.07) is 12.4. The van der Waals surface area contributed by atoms with Crippen LogP contribution in [0.2, 0.25) is 0 Å². The first-order chi connectivity index (χ1) is 18.7. The Morgan fingerprint density at radius 3 is 2.33 bits per heavy atom. The molecule has 1 saturated heterocycles. The van der Waals surface area contributed by atoms with E-state index in [1.807, 2.05) is 23.1 Å². The fourth-order valence-corrected chi connectivity index (χ4v) is 5.41. The van der Waals surface area contributed by atoms with Gasteiger partial charge in [0.05, 0.1) is 28.6 Å². The van der Waals surface area contributed by atoms with E-state index in [1.165, 1.54) is 6.33 Å². The number of methoxy groups -OCH3 is 1. The van der Waals surface area contributed by atoms with E-state index < -0.39 is 15.1 Å². The summed E-state index contributed by atoms with van der Waals surface area (Å²) >= 11 is 0. The van der Waals surface area contributed by atoms with Crippen molar-refractivity contribution in [3.05, 3.63) is 48.8 Å². The van der Waals surface area contributed by atoms with Gasteiger partial charge < -0.3 is 30.9 Å². The highest BCUT2D eigenvalue weighted by Crippen LogP contribution is 2.32. The lowest BCUT2D eigenvalue weighted by atomic mass is 10.2. The predicted octanol–water partition coefficient (Wildman–Crippen LogP) is 2.55. The standard InChI is InChI=1S/C26H34N8O4S/c1-18(2)39(36,37)23-7-5-4-6-21(23)31-26-29-17-28-25(32-26)30-20-9-8-19(16-22(20)38-3)33-12-14-34(15-13-33)24(35)10-11-27/h4-9,16-18H,10-15,27H2,1-3H3,(H2,28,29,30,31,32). The summed E-state index contributed by atoms with van der Waals surface area (Å²) in [6.45, 7) is 6.34. The normalized spacial score (nSPS) is 13.9. The molecule has 0 aliphatic carbocycles. The SMILES string of the molecule is COc1cc(N2CCN(C(=O)CCN)CC2)ccc1Nc1ncnc(Nc2ccccc2S(=O)(=O)C(C)C)n1. The summed E-state index contributed by atoms with van der Waals surface area (Å²) in [4.78, 5) is 29.1. The van der Waals surface area contributed by atoms with Crippen molar-refractivity contribution in [3.8, 4) is 5.75 Å². The minimum atomic E-state index is -3.51. The van der Waals surface area contributed by atoms with Crippen LogP contribution >= 0.6 is 0 Å². The molecule has 0 radical (unpaired) electrons. The second kappa shape index (κ2) is 12.3. The number of carbonyl (C=O) groups is 1. The Balaban J connectivity index is 1.48. The fraction of sp³-hybridized carbons (Fsp3) is 0.385. The number of aromatic nitrogens is 3. The first-order valence-corrected chi connectivity index (χ1v) is 14.2. The number of sulfone groups is 1. The van der Waals surface area contributed by atoms with Gasteiger partial charge in [0, 0.05) is 50.9 Å². The number of carbonyl (C=O) groups excluding carboxylic acids is 1. The third kappa shape index (κ3) is 6.55. The fourth-order valence-electron chi connectivity index (χ4n) is 4.21. The van der Waals surface area contributed by atoms with Crippen LogP contribution in [0.5, 0.6) is 5.75 Å². The van der Waals surface area contributed by atoms with Gasteiger partial charge >= 0.3 is 0 Å². The number of amides is 1. The Morgan fingerprint density at radius 2 is 1.69 bits per heavy atom. The summed E-state index contributed by atoms with van der Waals surface area (Å²) in [5, 5.41) is 5.58. The number of nitrogens with zero attached hydrogens (tertiary/aromatic N) is 5. The van der Waals surface area contributed by atoms with Gasteiger partial charge in [0.15, 0.2) is 9.84 Å². The van der Waals surface area contributed by atoms with Gasteiger partial charge in [0.1, 0.15) is 12.1 Å². The first kappa shape index (κ1) is 28.0. The number of anilines is 5. The zero-order valence-corrected chi connectivity index (χ0v) is 23.1. The van der Waals surface area contributed by atoms with Crippen molar-refractivity contribution in [1.82, 2.24) is 19.9 Å². The molecule has 208 valence electrons. The Labute approximate surface area is 228 Å². The van der Waals surface area contributed by atoms with Gasteiger partial charge in [-0.25, -0.2) is 18.4 Å². The van der Waals surface area contributed by atoms with E-state index in [0.29, 0.717) is 56.3 Å². The summed E-state index contributed by atoms with van der Waals surface area (Å²) in [7, 11) is -1.93. The second-order valence-corrected chi connectivity index (χ2v) is 11.7. The highest BCUT2D eigenvalue weighted by Gasteiger charge is 2.23. The number of hydrogen-bond acceptors (Lipinski definition) is 11. The Bertz CT molecular complexity index is 1410. The molecule has 4 rings (SSSR count). The molecule has 39 heavy (non-hydrogen) atoms. The van der Waals surface area contributed by atoms with E-state index in [9.17, 15) is 13.2 Å². The molecule has 12 nitrogen and oxygen atoms in total. The largest absolute Gasteiger partial charge is 0.494 e. The predicted molar refractivity (Wildman–Crippen MR) is 151 cm³/mol. The third-order valence-electron chi connectivity index (χ3n) is 6.42.